The summed E-state index contributed by atoms with van der Waals surface area (Å²) in [6, 6.07) is 12.3. The standard InChI is InChI=1S/C16H16BrNO2/c1-11-2-4-13(9-14(11)17)18-10-12-3-5-15-16(8-12)20-7-6-19-15/h2-5,8-9,18H,6-7,10H2,1H3. The van der Waals surface area contributed by atoms with Crippen molar-refractivity contribution in [3.8, 4) is 11.5 Å². The van der Waals surface area contributed by atoms with E-state index in [0.29, 0.717) is 13.2 Å². The summed E-state index contributed by atoms with van der Waals surface area (Å²) in [5.74, 6) is 1.67. The molecule has 0 aromatic heterocycles. The second-order valence-electron chi connectivity index (χ2n) is 4.80. The van der Waals surface area contributed by atoms with Crippen LogP contribution in [0, 0.1) is 6.92 Å². The summed E-state index contributed by atoms with van der Waals surface area (Å²) >= 11 is 3.55. The van der Waals surface area contributed by atoms with Gasteiger partial charge in [0.1, 0.15) is 13.2 Å². The van der Waals surface area contributed by atoms with E-state index in [9.17, 15) is 0 Å². The van der Waals surface area contributed by atoms with Crippen molar-refractivity contribution in [2.24, 2.45) is 0 Å². The van der Waals surface area contributed by atoms with E-state index in [2.05, 4.69) is 52.4 Å². The Balaban J connectivity index is 1.70. The summed E-state index contributed by atoms with van der Waals surface area (Å²) in [5.41, 5.74) is 3.50. The van der Waals surface area contributed by atoms with Crippen LogP contribution in [-0.4, -0.2) is 13.2 Å². The highest BCUT2D eigenvalue weighted by Gasteiger charge is 2.11. The molecule has 0 saturated carbocycles. The van der Waals surface area contributed by atoms with E-state index in [1.54, 1.807) is 0 Å². The number of nitrogens with one attached hydrogen (secondary N) is 1. The molecule has 2 aromatic rings. The molecule has 0 fully saturated rings. The molecule has 3 nitrogen and oxygen atoms in total. The van der Waals surface area contributed by atoms with Crippen molar-refractivity contribution in [3.63, 3.8) is 0 Å². The molecule has 0 unspecified atom stereocenters. The molecule has 4 heteroatoms. The van der Waals surface area contributed by atoms with Gasteiger partial charge in [0.25, 0.3) is 0 Å². The van der Waals surface area contributed by atoms with Crippen LogP contribution >= 0.6 is 15.9 Å². The Morgan fingerprint density at radius 3 is 2.65 bits per heavy atom. The van der Waals surface area contributed by atoms with E-state index in [0.717, 1.165) is 28.2 Å². The minimum absolute atomic E-state index is 0.620. The zero-order chi connectivity index (χ0) is 13.9. The van der Waals surface area contributed by atoms with Crippen LogP contribution in [0.4, 0.5) is 5.69 Å². The predicted octanol–water partition coefficient (Wildman–Crippen LogP) is 4.14. The van der Waals surface area contributed by atoms with Crippen molar-refractivity contribution in [3.05, 3.63) is 52.0 Å². The third-order valence-corrected chi connectivity index (χ3v) is 4.13. The molecule has 0 aliphatic carbocycles. The highest BCUT2D eigenvalue weighted by molar-refractivity contribution is 9.10. The third-order valence-electron chi connectivity index (χ3n) is 3.28. The summed E-state index contributed by atoms with van der Waals surface area (Å²) in [5, 5.41) is 3.41. The second-order valence-corrected chi connectivity index (χ2v) is 5.65. The van der Waals surface area contributed by atoms with E-state index >= 15 is 0 Å². The van der Waals surface area contributed by atoms with Gasteiger partial charge in [-0.15, -0.1) is 0 Å². The molecular weight excluding hydrogens is 318 g/mol. The maximum absolute atomic E-state index is 5.59. The van der Waals surface area contributed by atoms with Crippen LogP contribution < -0.4 is 14.8 Å². The smallest absolute Gasteiger partial charge is 0.161 e. The minimum Gasteiger partial charge on any atom is -0.486 e. The number of fused-ring (bicyclic) bond motifs is 1. The number of benzene rings is 2. The minimum atomic E-state index is 0.620. The zero-order valence-corrected chi connectivity index (χ0v) is 12.9. The molecule has 1 aliphatic rings. The van der Waals surface area contributed by atoms with Gasteiger partial charge in [0.15, 0.2) is 11.5 Å². The van der Waals surface area contributed by atoms with Crippen LogP contribution in [0.3, 0.4) is 0 Å². The summed E-state index contributed by atoms with van der Waals surface area (Å²) < 4.78 is 12.2. The van der Waals surface area contributed by atoms with Crippen LogP contribution in [0.5, 0.6) is 11.5 Å². The Labute approximate surface area is 127 Å². The van der Waals surface area contributed by atoms with Gasteiger partial charge >= 0.3 is 0 Å². The lowest BCUT2D eigenvalue weighted by Gasteiger charge is -2.19. The average molecular weight is 334 g/mol. The van der Waals surface area contributed by atoms with E-state index in [-0.39, 0.29) is 0 Å². The first-order valence-corrected chi connectivity index (χ1v) is 7.40. The Bertz CT molecular complexity index is 628. The first-order valence-electron chi connectivity index (χ1n) is 6.61. The van der Waals surface area contributed by atoms with Gasteiger partial charge < -0.3 is 14.8 Å². The van der Waals surface area contributed by atoms with Crippen molar-refractivity contribution in [1.82, 2.24) is 0 Å². The van der Waals surface area contributed by atoms with Gasteiger partial charge in [0.2, 0.25) is 0 Å². The molecule has 0 radical (unpaired) electrons. The number of anilines is 1. The van der Waals surface area contributed by atoms with Crippen molar-refractivity contribution in [2.45, 2.75) is 13.5 Å². The van der Waals surface area contributed by atoms with Gasteiger partial charge in [-0.2, -0.15) is 0 Å². The van der Waals surface area contributed by atoms with Crippen LogP contribution in [0.15, 0.2) is 40.9 Å². The highest BCUT2D eigenvalue weighted by atomic mass is 79.9. The molecule has 1 N–H and O–H groups in total. The number of ether oxygens (including phenoxy) is 2. The SMILES string of the molecule is Cc1ccc(NCc2ccc3c(c2)OCCO3)cc1Br. The molecule has 104 valence electrons. The van der Waals surface area contributed by atoms with Gasteiger partial charge in [-0.05, 0) is 42.3 Å². The lowest BCUT2D eigenvalue weighted by Crippen LogP contribution is -2.15. The lowest BCUT2D eigenvalue weighted by molar-refractivity contribution is 0.171. The van der Waals surface area contributed by atoms with E-state index in [1.165, 1.54) is 11.1 Å². The third kappa shape index (κ3) is 2.90. The molecule has 3 rings (SSSR count). The molecule has 1 aliphatic heterocycles. The quantitative estimate of drug-likeness (QED) is 0.915. The summed E-state index contributed by atoms with van der Waals surface area (Å²) in [6.45, 7) is 4.08. The first-order chi connectivity index (χ1) is 9.72. The van der Waals surface area contributed by atoms with Crippen LogP contribution in [0.1, 0.15) is 11.1 Å². The molecule has 0 atom stereocenters. The number of hydrogen-bond acceptors (Lipinski definition) is 3. The van der Waals surface area contributed by atoms with Gasteiger partial charge in [0, 0.05) is 16.7 Å². The molecule has 2 aromatic carbocycles. The highest BCUT2D eigenvalue weighted by Crippen LogP contribution is 2.31. The lowest BCUT2D eigenvalue weighted by atomic mass is 10.2. The average Bonchev–Trinajstić information content (AvgIpc) is 2.48. The molecule has 1 heterocycles. The van der Waals surface area contributed by atoms with E-state index in [1.807, 2.05) is 12.1 Å². The van der Waals surface area contributed by atoms with Crippen molar-refractivity contribution in [1.29, 1.82) is 0 Å². The molecule has 0 saturated heterocycles. The Hall–Kier alpha value is -1.68. The molecule has 0 spiro atoms. The van der Waals surface area contributed by atoms with Crippen LogP contribution in [-0.2, 0) is 6.54 Å². The van der Waals surface area contributed by atoms with Gasteiger partial charge in [0.05, 0.1) is 0 Å². The second kappa shape index (κ2) is 5.75. The monoisotopic (exact) mass is 333 g/mol. The molecule has 20 heavy (non-hydrogen) atoms. The number of rotatable bonds is 3. The van der Waals surface area contributed by atoms with Crippen molar-refractivity contribution in [2.75, 3.05) is 18.5 Å². The molecule has 0 bridgehead atoms. The normalized spacial score (nSPS) is 13.1. The topological polar surface area (TPSA) is 30.5 Å². The van der Waals surface area contributed by atoms with Crippen LogP contribution in [0.25, 0.3) is 0 Å². The molecular formula is C16H16BrNO2. The predicted molar refractivity (Wildman–Crippen MR) is 83.6 cm³/mol. The van der Waals surface area contributed by atoms with Gasteiger partial charge in [-0.3, -0.25) is 0 Å². The molecule has 0 amide bonds. The van der Waals surface area contributed by atoms with Crippen molar-refractivity contribution >= 4 is 21.6 Å². The van der Waals surface area contributed by atoms with E-state index < -0.39 is 0 Å². The number of aryl methyl sites for hydroxylation is 1. The fraction of sp³-hybridized carbons (Fsp3) is 0.250. The van der Waals surface area contributed by atoms with Crippen molar-refractivity contribution < 1.29 is 9.47 Å². The van der Waals surface area contributed by atoms with Gasteiger partial charge in [-0.25, -0.2) is 0 Å². The fourth-order valence-electron chi connectivity index (χ4n) is 2.10. The Morgan fingerprint density at radius 1 is 1.05 bits per heavy atom. The summed E-state index contributed by atoms with van der Waals surface area (Å²) in [4.78, 5) is 0. The number of halogens is 1. The summed E-state index contributed by atoms with van der Waals surface area (Å²) in [7, 11) is 0. The Kier molecular flexibility index (Phi) is 3.83. The van der Waals surface area contributed by atoms with Crippen LogP contribution in [0.2, 0.25) is 0 Å². The zero-order valence-electron chi connectivity index (χ0n) is 11.3. The largest absolute Gasteiger partial charge is 0.486 e. The maximum Gasteiger partial charge on any atom is 0.161 e. The number of hydrogen-bond donors (Lipinski definition) is 1. The maximum atomic E-state index is 5.59. The summed E-state index contributed by atoms with van der Waals surface area (Å²) in [6.07, 6.45) is 0. The van der Waals surface area contributed by atoms with E-state index in [4.69, 9.17) is 9.47 Å². The first kappa shape index (κ1) is 13.3. The Morgan fingerprint density at radius 2 is 1.85 bits per heavy atom. The fourth-order valence-corrected chi connectivity index (χ4v) is 2.48. The van der Waals surface area contributed by atoms with Gasteiger partial charge in [-0.1, -0.05) is 28.1 Å².